The molecule has 1 rings (SSSR count). The highest BCUT2D eigenvalue weighted by atomic mass is 19.1. The summed E-state index contributed by atoms with van der Waals surface area (Å²) in [5.41, 5.74) is 0.650. The summed E-state index contributed by atoms with van der Waals surface area (Å²) >= 11 is 0. The lowest BCUT2D eigenvalue weighted by Gasteiger charge is -2.25. The number of hydrogen-bond donors (Lipinski definition) is 1. The van der Waals surface area contributed by atoms with E-state index in [1.807, 2.05) is 32.9 Å². The molecule has 0 fully saturated rings. The van der Waals surface area contributed by atoms with E-state index in [1.54, 1.807) is 6.07 Å². The molecule has 1 aromatic rings. The summed E-state index contributed by atoms with van der Waals surface area (Å²) in [5.74, 6) is -0.0651. The van der Waals surface area contributed by atoms with E-state index in [1.165, 1.54) is 6.07 Å². The fraction of sp³-hybridized carbons (Fsp3) is 0.500. The average Bonchev–Trinajstić information content (AvgIpc) is 2.32. The van der Waals surface area contributed by atoms with Crippen LogP contribution in [0.1, 0.15) is 26.3 Å². The van der Waals surface area contributed by atoms with Crippen molar-refractivity contribution in [2.24, 2.45) is 0 Å². The van der Waals surface area contributed by atoms with E-state index in [0.717, 1.165) is 5.56 Å². The Morgan fingerprint density at radius 2 is 2.17 bits per heavy atom. The molecule has 0 radical (unpaired) electrons. The van der Waals surface area contributed by atoms with Gasteiger partial charge < -0.3 is 10.1 Å². The maximum absolute atomic E-state index is 13.8. The van der Waals surface area contributed by atoms with Gasteiger partial charge in [0.1, 0.15) is 0 Å². The number of halogens is 1. The Labute approximate surface area is 108 Å². The van der Waals surface area contributed by atoms with Crippen LogP contribution in [0.25, 0.3) is 0 Å². The van der Waals surface area contributed by atoms with Crippen LogP contribution < -0.4 is 10.1 Å². The number of nitrogens with zero attached hydrogens (tertiary/aromatic N) is 1. The fourth-order valence-electron chi connectivity index (χ4n) is 1.73. The third kappa shape index (κ3) is 3.71. The van der Waals surface area contributed by atoms with Crippen LogP contribution in [0.2, 0.25) is 0 Å². The van der Waals surface area contributed by atoms with Crippen molar-refractivity contribution in [3.8, 4) is 11.8 Å². The van der Waals surface area contributed by atoms with E-state index in [0.29, 0.717) is 19.7 Å². The Kier molecular flexibility index (Phi) is 5.11. The summed E-state index contributed by atoms with van der Waals surface area (Å²) in [7, 11) is 0. The summed E-state index contributed by atoms with van der Waals surface area (Å²) in [6.45, 7) is 7.20. The molecule has 0 saturated heterocycles. The minimum atomic E-state index is -0.345. The molecular formula is C14H19FN2O. The van der Waals surface area contributed by atoms with Gasteiger partial charge >= 0.3 is 0 Å². The van der Waals surface area contributed by atoms with Crippen molar-refractivity contribution in [1.29, 1.82) is 5.26 Å². The van der Waals surface area contributed by atoms with Gasteiger partial charge in [-0.1, -0.05) is 19.9 Å². The molecular weight excluding hydrogens is 231 g/mol. The molecule has 0 atom stereocenters. The number of rotatable bonds is 6. The van der Waals surface area contributed by atoms with Crippen LogP contribution in [-0.4, -0.2) is 19.7 Å². The van der Waals surface area contributed by atoms with E-state index >= 15 is 0 Å². The van der Waals surface area contributed by atoms with Crippen molar-refractivity contribution in [1.82, 2.24) is 5.32 Å². The molecule has 3 nitrogen and oxygen atoms in total. The molecule has 4 heteroatoms. The number of nitrogens with one attached hydrogen (secondary N) is 1. The van der Waals surface area contributed by atoms with Crippen molar-refractivity contribution in [3.63, 3.8) is 0 Å². The molecule has 18 heavy (non-hydrogen) atoms. The van der Waals surface area contributed by atoms with Crippen LogP contribution in [0.5, 0.6) is 5.75 Å². The largest absolute Gasteiger partial charge is 0.491 e. The zero-order chi connectivity index (χ0) is 13.6. The lowest BCUT2D eigenvalue weighted by atomic mass is 9.84. The minimum Gasteiger partial charge on any atom is -0.491 e. The van der Waals surface area contributed by atoms with Crippen LogP contribution in [0.4, 0.5) is 4.39 Å². The second-order valence-electron chi connectivity index (χ2n) is 4.72. The third-order valence-electron chi connectivity index (χ3n) is 2.78. The molecule has 0 bridgehead atoms. The van der Waals surface area contributed by atoms with Gasteiger partial charge in [0, 0.05) is 12.0 Å². The van der Waals surface area contributed by atoms with Crippen LogP contribution >= 0.6 is 0 Å². The summed E-state index contributed by atoms with van der Waals surface area (Å²) in [5, 5.41) is 11.5. The van der Waals surface area contributed by atoms with E-state index in [4.69, 9.17) is 10.00 Å². The molecule has 0 aliphatic rings. The number of hydrogen-bond acceptors (Lipinski definition) is 3. The Hall–Kier alpha value is -1.60. The highest BCUT2D eigenvalue weighted by Crippen LogP contribution is 2.27. The van der Waals surface area contributed by atoms with Crippen molar-refractivity contribution >= 4 is 0 Å². The molecule has 0 spiro atoms. The molecule has 0 aliphatic heterocycles. The van der Waals surface area contributed by atoms with E-state index in [2.05, 4.69) is 5.32 Å². The summed E-state index contributed by atoms with van der Waals surface area (Å²) in [6, 6.07) is 7.04. The quantitative estimate of drug-likeness (QED) is 0.623. The number of ether oxygens (including phenoxy) is 1. The van der Waals surface area contributed by atoms with Gasteiger partial charge in [-0.3, -0.25) is 0 Å². The maximum Gasteiger partial charge on any atom is 0.165 e. The smallest absolute Gasteiger partial charge is 0.165 e. The van der Waals surface area contributed by atoms with E-state index in [9.17, 15) is 4.39 Å². The van der Waals surface area contributed by atoms with E-state index < -0.39 is 0 Å². The Bertz CT molecular complexity index is 438. The first-order chi connectivity index (χ1) is 8.51. The lowest BCUT2D eigenvalue weighted by Crippen LogP contribution is -2.33. The summed E-state index contributed by atoms with van der Waals surface area (Å²) in [6.07, 6.45) is 0. The maximum atomic E-state index is 13.8. The normalized spacial score (nSPS) is 11.1. The van der Waals surface area contributed by atoms with Crippen LogP contribution in [0.15, 0.2) is 18.2 Å². The highest BCUT2D eigenvalue weighted by Gasteiger charge is 2.21. The zero-order valence-electron chi connectivity index (χ0n) is 11.1. The minimum absolute atomic E-state index is 0.234. The Balaban J connectivity index is 2.82. The van der Waals surface area contributed by atoms with Gasteiger partial charge in [-0.15, -0.1) is 0 Å². The van der Waals surface area contributed by atoms with Gasteiger partial charge in [-0.25, -0.2) is 4.39 Å². The molecule has 1 aromatic carbocycles. The highest BCUT2D eigenvalue weighted by molar-refractivity contribution is 5.33. The molecule has 0 aromatic heterocycles. The van der Waals surface area contributed by atoms with Gasteiger partial charge in [0.05, 0.1) is 19.2 Å². The second kappa shape index (κ2) is 6.36. The van der Waals surface area contributed by atoms with Crippen molar-refractivity contribution < 1.29 is 9.13 Å². The summed E-state index contributed by atoms with van der Waals surface area (Å²) in [4.78, 5) is 0. The van der Waals surface area contributed by atoms with Gasteiger partial charge in [-0.05, 0) is 24.6 Å². The van der Waals surface area contributed by atoms with Crippen LogP contribution in [0, 0.1) is 17.1 Å². The molecule has 0 aliphatic carbocycles. The topological polar surface area (TPSA) is 45.0 Å². The molecule has 0 unspecified atom stereocenters. The van der Waals surface area contributed by atoms with Gasteiger partial charge in [0.15, 0.2) is 11.6 Å². The summed E-state index contributed by atoms with van der Waals surface area (Å²) < 4.78 is 18.9. The molecule has 0 heterocycles. The van der Waals surface area contributed by atoms with Crippen molar-refractivity contribution in [2.45, 2.75) is 26.2 Å². The average molecular weight is 250 g/mol. The standard InChI is InChI=1S/C14H19FN2O/c1-4-18-13-6-5-11(9-12(13)15)14(2,3)10-17-8-7-16/h5-6,9,17H,4,8,10H2,1-3H3. The third-order valence-corrected chi connectivity index (χ3v) is 2.78. The van der Waals surface area contributed by atoms with Gasteiger partial charge in [0.2, 0.25) is 0 Å². The molecule has 0 amide bonds. The number of benzene rings is 1. The molecule has 1 N–H and O–H groups in total. The van der Waals surface area contributed by atoms with Crippen molar-refractivity contribution in [3.05, 3.63) is 29.6 Å². The number of nitriles is 1. The second-order valence-corrected chi connectivity index (χ2v) is 4.72. The Morgan fingerprint density at radius 3 is 2.72 bits per heavy atom. The van der Waals surface area contributed by atoms with Crippen LogP contribution in [-0.2, 0) is 5.41 Å². The van der Waals surface area contributed by atoms with Gasteiger partial charge in [0.25, 0.3) is 0 Å². The first-order valence-corrected chi connectivity index (χ1v) is 6.01. The van der Waals surface area contributed by atoms with E-state index in [-0.39, 0.29) is 17.0 Å². The molecule has 0 saturated carbocycles. The first kappa shape index (κ1) is 14.5. The predicted molar refractivity (Wildman–Crippen MR) is 69.1 cm³/mol. The zero-order valence-corrected chi connectivity index (χ0v) is 11.1. The fourth-order valence-corrected chi connectivity index (χ4v) is 1.73. The molecule has 98 valence electrons. The lowest BCUT2D eigenvalue weighted by molar-refractivity contribution is 0.320. The SMILES string of the molecule is CCOc1ccc(C(C)(C)CNCC#N)cc1F. The van der Waals surface area contributed by atoms with Gasteiger partial charge in [-0.2, -0.15) is 5.26 Å². The first-order valence-electron chi connectivity index (χ1n) is 6.01. The van der Waals surface area contributed by atoms with Crippen molar-refractivity contribution in [2.75, 3.05) is 19.7 Å². The Morgan fingerprint density at radius 1 is 1.44 bits per heavy atom. The monoisotopic (exact) mass is 250 g/mol. The predicted octanol–water partition coefficient (Wildman–Crippen LogP) is 2.62. The van der Waals surface area contributed by atoms with Crippen LogP contribution in [0.3, 0.4) is 0 Å².